The van der Waals surface area contributed by atoms with E-state index in [1.54, 1.807) is 12.1 Å². The van der Waals surface area contributed by atoms with E-state index in [2.05, 4.69) is 10.6 Å². The number of benzene rings is 1. The van der Waals surface area contributed by atoms with Gasteiger partial charge in [-0.3, -0.25) is 9.59 Å². The molecule has 1 aliphatic heterocycles. The van der Waals surface area contributed by atoms with Gasteiger partial charge < -0.3 is 10.6 Å². The Labute approximate surface area is 119 Å². The van der Waals surface area contributed by atoms with Crippen molar-refractivity contribution < 1.29 is 9.59 Å². The average Bonchev–Trinajstić information content (AvgIpc) is 2.99. The highest BCUT2D eigenvalue weighted by molar-refractivity contribution is 5.97. The molecule has 0 aliphatic carbocycles. The van der Waals surface area contributed by atoms with Crippen LogP contribution in [0.4, 0.5) is 0 Å². The van der Waals surface area contributed by atoms with Crippen LogP contribution >= 0.6 is 0 Å². The Morgan fingerprint density at radius 1 is 1.20 bits per heavy atom. The van der Waals surface area contributed by atoms with E-state index in [1.807, 2.05) is 18.2 Å². The summed E-state index contributed by atoms with van der Waals surface area (Å²) in [5.74, 6) is 0.683. The van der Waals surface area contributed by atoms with Crippen LogP contribution in [0.3, 0.4) is 0 Å². The zero-order valence-electron chi connectivity index (χ0n) is 11.7. The molecular formula is C16H22N2O2. The summed E-state index contributed by atoms with van der Waals surface area (Å²) in [7, 11) is 0. The van der Waals surface area contributed by atoms with Gasteiger partial charge in [-0.1, -0.05) is 30.3 Å². The number of rotatable bonds is 7. The molecule has 0 spiro atoms. The maximum Gasteiger partial charge on any atom is 0.220 e. The van der Waals surface area contributed by atoms with E-state index in [4.69, 9.17) is 0 Å². The smallest absolute Gasteiger partial charge is 0.220 e. The van der Waals surface area contributed by atoms with Gasteiger partial charge in [-0.05, 0) is 31.8 Å². The molecule has 1 atom stereocenters. The molecule has 1 aliphatic rings. The Bertz CT molecular complexity index is 439. The van der Waals surface area contributed by atoms with Gasteiger partial charge in [0.25, 0.3) is 0 Å². The summed E-state index contributed by atoms with van der Waals surface area (Å²) in [4.78, 5) is 23.5. The fraction of sp³-hybridized carbons (Fsp3) is 0.500. The molecule has 20 heavy (non-hydrogen) atoms. The van der Waals surface area contributed by atoms with E-state index in [1.165, 1.54) is 6.42 Å². The van der Waals surface area contributed by atoms with Gasteiger partial charge in [0.05, 0.1) is 0 Å². The van der Waals surface area contributed by atoms with Crippen LogP contribution < -0.4 is 10.6 Å². The number of nitrogens with one attached hydrogen (secondary N) is 2. The maximum absolute atomic E-state index is 11.8. The van der Waals surface area contributed by atoms with Gasteiger partial charge in [-0.15, -0.1) is 0 Å². The minimum Gasteiger partial charge on any atom is -0.356 e. The summed E-state index contributed by atoms with van der Waals surface area (Å²) in [5.41, 5.74) is 0.678. The molecular weight excluding hydrogens is 252 g/mol. The third-order valence-electron chi connectivity index (χ3n) is 3.71. The third kappa shape index (κ3) is 4.78. The predicted octanol–water partition coefficient (Wildman–Crippen LogP) is 1.77. The SMILES string of the molecule is O=C(CCC(=O)c1ccccc1)NCCC1CCNC1. The van der Waals surface area contributed by atoms with Crippen molar-refractivity contribution in [2.45, 2.75) is 25.7 Å². The Morgan fingerprint density at radius 3 is 2.70 bits per heavy atom. The molecule has 1 fully saturated rings. The van der Waals surface area contributed by atoms with E-state index in [0.717, 1.165) is 19.5 Å². The second-order valence-electron chi connectivity index (χ2n) is 5.29. The van der Waals surface area contributed by atoms with Gasteiger partial charge >= 0.3 is 0 Å². The van der Waals surface area contributed by atoms with Crippen LogP contribution in [0.1, 0.15) is 36.0 Å². The minimum atomic E-state index is -0.0276. The summed E-state index contributed by atoms with van der Waals surface area (Å²) in [6, 6.07) is 9.12. The van der Waals surface area contributed by atoms with Crippen LogP contribution in [0.2, 0.25) is 0 Å². The highest BCUT2D eigenvalue weighted by atomic mass is 16.2. The van der Waals surface area contributed by atoms with Gasteiger partial charge in [0.2, 0.25) is 5.91 Å². The average molecular weight is 274 g/mol. The molecule has 1 amide bonds. The van der Waals surface area contributed by atoms with Crippen LogP contribution in [0, 0.1) is 5.92 Å². The van der Waals surface area contributed by atoms with E-state index in [9.17, 15) is 9.59 Å². The zero-order chi connectivity index (χ0) is 14.2. The standard InChI is InChI=1S/C16H22N2O2/c19-15(14-4-2-1-3-5-14)6-7-16(20)18-11-9-13-8-10-17-12-13/h1-5,13,17H,6-12H2,(H,18,20). The predicted molar refractivity (Wildman–Crippen MR) is 78.6 cm³/mol. The number of Topliss-reactive ketones (excluding diaryl/α,β-unsaturated/α-hetero) is 1. The molecule has 0 aromatic heterocycles. The Kier molecular flexibility index (Phi) is 5.74. The van der Waals surface area contributed by atoms with E-state index in [-0.39, 0.29) is 24.5 Å². The fourth-order valence-corrected chi connectivity index (χ4v) is 2.46. The summed E-state index contributed by atoms with van der Waals surface area (Å²) >= 11 is 0. The molecule has 1 unspecified atom stereocenters. The molecule has 0 bridgehead atoms. The first-order chi connectivity index (χ1) is 9.75. The van der Waals surface area contributed by atoms with E-state index < -0.39 is 0 Å². The summed E-state index contributed by atoms with van der Waals surface area (Å²) in [5, 5.41) is 6.21. The largest absolute Gasteiger partial charge is 0.356 e. The van der Waals surface area contributed by atoms with Gasteiger partial charge in [-0.2, -0.15) is 0 Å². The van der Waals surface area contributed by atoms with Crippen LogP contribution in [-0.2, 0) is 4.79 Å². The highest BCUT2D eigenvalue weighted by Crippen LogP contribution is 2.11. The monoisotopic (exact) mass is 274 g/mol. The highest BCUT2D eigenvalue weighted by Gasteiger charge is 2.14. The Hall–Kier alpha value is -1.68. The number of amides is 1. The van der Waals surface area contributed by atoms with Gasteiger partial charge in [0.1, 0.15) is 0 Å². The number of hydrogen-bond acceptors (Lipinski definition) is 3. The van der Waals surface area contributed by atoms with Gasteiger partial charge in [0.15, 0.2) is 5.78 Å². The molecule has 4 nitrogen and oxygen atoms in total. The molecule has 2 rings (SSSR count). The van der Waals surface area contributed by atoms with Crippen molar-refractivity contribution in [3.8, 4) is 0 Å². The van der Waals surface area contributed by atoms with Crippen molar-refractivity contribution in [3.63, 3.8) is 0 Å². The number of hydrogen-bond donors (Lipinski definition) is 2. The van der Waals surface area contributed by atoms with Crippen LogP contribution in [0.15, 0.2) is 30.3 Å². The van der Waals surface area contributed by atoms with Crippen molar-refractivity contribution in [2.75, 3.05) is 19.6 Å². The molecule has 0 radical (unpaired) electrons. The second-order valence-corrected chi connectivity index (χ2v) is 5.29. The maximum atomic E-state index is 11.8. The second kappa shape index (κ2) is 7.80. The zero-order valence-corrected chi connectivity index (χ0v) is 11.7. The van der Waals surface area contributed by atoms with Crippen molar-refractivity contribution in [1.29, 1.82) is 0 Å². The molecule has 1 heterocycles. The summed E-state index contributed by atoms with van der Waals surface area (Å²) < 4.78 is 0. The third-order valence-corrected chi connectivity index (χ3v) is 3.71. The molecule has 108 valence electrons. The van der Waals surface area contributed by atoms with Crippen molar-refractivity contribution >= 4 is 11.7 Å². The first-order valence-corrected chi connectivity index (χ1v) is 7.31. The molecule has 4 heteroatoms. The van der Waals surface area contributed by atoms with E-state index >= 15 is 0 Å². The van der Waals surface area contributed by atoms with Crippen LogP contribution in [-0.4, -0.2) is 31.3 Å². The normalized spacial score (nSPS) is 17.9. The van der Waals surface area contributed by atoms with Crippen LogP contribution in [0.5, 0.6) is 0 Å². The molecule has 2 N–H and O–H groups in total. The fourth-order valence-electron chi connectivity index (χ4n) is 2.46. The quantitative estimate of drug-likeness (QED) is 0.745. The van der Waals surface area contributed by atoms with Crippen molar-refractivity contribution in [1.82, 2.24) is 10.6 Å². The number of carbonyl (C=O) groups excluding carboxylic acids is 2. The molecule has 1 aromatic rings. The Balaban J connectivity index is 1.61. The summed E-state index contributed by atoms with van der Waals surface area (Å²) in [6.07, 6.45) is 2.77. The number of carbonyl (C=O) groups is 2. The molecule has 1 aromatic carbocycles. The first kappa shape index (κ1) is 14.7. The van der Waals surface area contributed by atoms with Gasteiger partial charge in [0, 0.05) is 24.9 Å². The lowest BCUT2D eigenvalue weighted by Gasteiger charge is -2.09. The Morgan fingerprint density at radius 2 is 2.00 bits per heavy atom. The lowest BCUT2D eigenvalue weighted by Crippen LogP contribution is -2.26. The molecule has 0 saturated carbocycles. The lowest BCUT2D eigenvalue weighted by molar-refractivity contribution is -0.121. The van der Waals surface area contributed by atoms with Gasteiger partial charge in [-0.25, -0.2) is 0 Å². The summed E-state index contributed by atoms with van der Waals surface area (Å²) in [6.45, 7) is 2.86. The number of ketones is 1. The van der Waals surface area contributed by atoms with Crippen molar-refractivity contribution in [2.24, 2.45) is 5.92 Å². The first-order valence-electron chi connectivity index (χ1n) is 7.31. The van der Waals surface area contributed by atoms with E-state index in [0.29, 0.717) is 18.0 Å². The minimum absolute atomic E-state index is 0.0276. The molecule has 1 saturated heterocycles. The van der Waals surface area contributed by atoms with Crippen molar-refractivity contribution in [3.05, 3.63) is 35.9 Å². The van der Waals surface area contributed by atoms with Crippen LogP contribution in [0.25, 0.3) is 0 Å². The lowest BCUT2D eigenvalue weighted by atomic mass is 10.0. The topological polar surface area (TPSA) is 58.2 Å².